The van der Waals surface area contributed by atoms with Gasteiger partial charge in [0.2, 0.25) is 11.8 Å². The number of nitrogens with one attached hydrogen (secondary N) is 2. The van der Waals surface area contributed by atoms with Gasteiger partial charge in [-0.2, -0.15) is 0 Å². The Balaban J connectivity index is 1.35. The van der Waals surface area contributed by atoms with E-state index in [0.717, 1.165) is 18.8 Å². The molecule has 0 radical (unpaired) electrons. The summed E-state index contributed by atoms with van der Waals surface area (Å²) in [7, 11) is 0. The highest BCUT2D eigenvalue weighted by atomic mass is 16.3. The summed E-state index contributed by atoms with van der Waals surface area (Å²) in [6.45, 7) is 2.47. The average molecular weight is 353 g/mol. The first-order valence-electron chi connectivity index (χ1n) is 9.15. The Hall–Kier alpha value is -2.76. The highest BCUT2D eigenvalue weighted by molar-refractivity contribution is 6.13. The van der Waals surface area contributed by atoms with E-state index in [2.05, 4.69) is 15.5 Å². The van der Waals surface area contributed by atoms with Gasteiger partial charge in [0, 0.05) is 24.5 Å². The molecule has 26 heavy (non-hydrogen) atoms. The van der Waals surface area contributed by atoms with Gasteiger partial charge in [0.15, 0.2) is 0 Å². The molecule has 136 valence electrons. The summed E-state index contributed by atoms with van der Waals surface area (Å²) in [6.07, 6.45) is 5.18. The van der Waals surface area contributed by atoms with Crippen LogP contribution in [0.15, 0.2) is 47.1 Å². The fourth-order valence-electron chi connectivity index (χ4n) is 3.41. The molecule has 6 nitrogen and oxygen atoms in total. The zero-order valence-corrected chi connectivity index (χ0v) is 14.7. The van der Waals surface area contributed by atoms with Crippen LogP contribution >= 0.6 is 0 Å². The Kier molecular flexibility index (Phi) is 4.41. The molecule has 2 aromatic rings. The maximum absolute atomic E-state index is 12.6. The molecule has 1 aromatic heterocycles. The number of hydrogen-bond donors (Lipinski definition) is 2. The lowest BCUT2D eigenvalue weighted by atomic mass is 10.0. The average Bonchev–Trinajstić information content (AvgIpc) is 3.07. The molecule has 2 heterocycles. The molecular formula is C20H23N3O3. The molecule has 1 saturated carbocycles. The van der Waals surface area contributed by atoms with Crippen LogP contribution < -0.4 is 15.5 Å². The fourth-order valence-corrected chi connectivity index (χ4v) is 3.41. The van der Waals surface area contributed by atoms with Crippen molar-refractivity contribution in [1.82, 2.24) is 5.32 Å². The van der Waals surface area contributed by atoms with Gasteiger partial charge in [0.05, 0.1) is 12.8 Å². The van der Waals surface area contributed by atoms with Crippen LogP contribution in [0.4, 0.5) is 11.4 Å². The number of benzene rings is 1. The van der Waals surface area contributed by atoms with Crippen molar-refractivity contribution in [3.05, 3.63) is 48.4 Å². The molecule has 1 aromatic carbocycles. The second-order valence-corrected chi connectivity index (χ2v) is 7.04. The normalized spacial score (nSPS) is 17.8. The third kappa shape index (κ3) is 3.31. The minimum atomic E-state index is -0.944. The van der Waals surface area contributed by atoms with E-state index in [0.29, 0.717) is 25.1 Å². The summed E-state index contributed by atoms with van der Waals surface area (Å²) in [6, 6.07) is 11.4. The van der Waals surface area contributed by atoms with Gasteiger partial charge >= 0.3 is 0 Å². The van der Waals surface area contributed by atoms with E-state index in [1.165, 1.54) is 18.5 Å². The molecule has 0 unspecified atom stereocenters. The van der Waals surface area contributed by atoms with Crippen molar-refractivity contribution < 1.29 is 14.0 Å². The van der Waals surface area contributed by atoms with E-state index in [9.17, 15) is 9.59 Å². The minimum absolute atomic E-state index is 0.233. The van der Waals surface area contributed by atoms with Crippen molar-refractivity contribution in [2.45, 2.75) is 32.2 Å². The lowest BCUT2D eigenvalue weighted by Crippen LogP contribution is -2.39. The van der Waals surface area contributed by atoms with Gasteiger partial charge in [-0.05, 0) is 62.1 Å². The van der Waals surface area contributed by atoms with E-state index in [4.69, 9.17) is 4.42 Å². The third-order valence-corrected chi connectivity index (χ3v) is 5.22. The molecule has 2 amide bonds. The first-order valence-corrected chi connectivity index (χ1v) is 9.15. The molecule has 2 N–H and O–H groups in total. The predicted molar refractivity (Wildman–Crippen MR) is 98.7 cm³/mol. The number of rotatable bonds is 6. The van der Waals surface area contributed by atoms with E-state index in [1.807, 2.05) is 24.3 Å². The quantitative estimate of drug-likeness (QED) is 0.783. The molecule has 2 fully saturated rings. The summed E-state index contributed by atoms with van der Waals surface area (Å²) < 4.78 is 5.21. The van der Waals surface area contributed by atoms with Crippen LogP contribution in [0.1, 0.15) is 31.4 Å². The van der Waals surface area contributed by atoms with Crippen molar-refractivity contribution in [3.63, 3.8) is 0 Å². The minimum Gasteiger partial charge on any atom is -0.467 e. The number of anilines is 2. The smallest absolute Gasteiger partial charge is 0.240 e. The molecule has 1 aliphatic heterocycles. The van der Waals surface area contributed by atoms with Gasteiger partial charge in [0.1, 0.15) is 11.2 Å². The van der Waals surface area contributed by atoms with Gasteiger partial charge in [-0.3, -0.25) is 9.59 Å². The van der Waals surface area contributed by atoms with Crippen LogP contribution in [0.3, 0.4) is 0 Å². The van der Waals surface area contributed by atoms with E-state index >= 15 is 0 Å². The zero-order valence-electron chi connectivity index (χ0n) is 14.7. The number of carbonyl (C=O) groups excluding carboxylic acids is 2. The number of nitrogens with zero attached hydrogens (tertiary/aromatic N) is 1. The van der Waals surface area contributed by atoms with E-state index in [-0.39, 0.29) is 11.8 Å². The van der Waals surface area contributed by atoms with Crippen molar-refractivity contribution in [2.24, 2.45) is 5.41 Å². The van der Waals surface area contributed by atoms with Crippen LogP contribution in [-0.2, 0) is 16.1 Å². The molecule has 0 bridgehead atoms. The summed E-state index contributed by atoms with van der Waals surface area (Å²) >= 11 is 0. The zero-order chi connectivity index (χ0) is 18.0. The maximum Gasteiger partial charge on any atom is 0.240 e. The Morgan fingerprint density at radius 2 is 1.77 bits per heavy atom. The molecule has 0 spiro atoms. The number of carbonyl (C=O) groups is 2. The SMILES string of the molecule is O=C(NCc1ccco1)C1(C(=O)Nc2ccc(N3CCCC3)cc2)CC1. The summed E-state index contributed by atoms with van der Waals surface area (Å²) in [4.78, 5) is 27.4. The van der Waals surface area contributed by atoms with Crippen LogP contribution in [0.2, 0.25) is 0 Å². The topological polar surface area (TPSA) is 74.6 Å². The van der Waals surface area contributed by atoms with E-state index in [1.54, 1.807) is 18.4 Å². The predicted octanol–water partition coefficient (Wildman–Crippen LogP) is 2.91. The molecule has 0 atom stereocenters. The molecule has 1 saturated heterocycles. The largest absolute Gasteiger partial charge is 0.467 e. The van der Waals surface area contributed by atoms with Crippen molar-refractivity contribution in [1.29, 1.82) is 0 Å². The molecule has 2 aliphatic rings. The van der Waals surface area contributed by atoms with Gasteiger partial charge < -0.3 is 20.0 Å². The second-order valence-electron chi connectivity index (χ2n) is 7.04. The maximum atomic E-state index is 12.6. The number of amides is 2. The summed E-state index contributed by atoms with van der Waals surface area (Å²) in [5.74, 6) is 0.204. The van der Waals surface area contributed by atoms with Crippen LogP contribution in [-0.4, -0.2) is 24.9 Å². The Bertz CT molecular complexity index is 773. The molecule has 6 heteroatoms. The standard InChI is InChI=1S/C20H23N3O3/c24-18(21-14-17-4-3-13-26-17)20(9-10-20)19(25)22-15-5-7-16(8-6-15)23-11-1-2-12-23/h3-8,13H,1-2,9-12,14H2,(H,21,24)(H,22,25). The fraction of sp³-hybridized carbons (Fsp3) is 0.400. The Labute approximate surface area is 152 Å². The highest BCUT2D eigenvalue weighted by Gasteiger charge is 2.56. The van der Waals surface area contributed by atoms with Gasteiger partial charge in [-0.15, -0.1) is 0 Å². The van der Waals surface area contributed by atoms with Crippen molar-refractivity contribution in [3.8, 4) is 0 Å². The number of hydrogen-bond acceptors (Lipinski definition) is 4. The molecule has 4 rings (SSSR count). The van der Waals surface area contributed by atoms with Gasteiger partial charge in [-0.1, -0.05) is 0 Å². The lowest BCUT2D eigenvalue weighted by molar-refractivity contribution is -0.134. The second kappa shape index (κ2) is 6.86. The molecular weight excluding hydrogens is 330 g/mol. The highest BCUT2D eigenvalue weighted by Crippen LogP contribution is 2.47. The third-order valence-electron chi connectivity index (χ3n) is 5.22. The van der Waals surface area contributed by atoms with Gasteiger partial charge in [0.25, 0.3) is 0 Å². The Morgan fingerprint density at radius 1 is 1.04 bits per heavy atom. The van der Waals surface area contributed by atoms with Crippen LogP contribution in [0, 0.1) is 5.41 Å². The van der Waals surface area contributed by atoms with Crippen LogP contribution in [0.25, 0.3) is 0 Å². The first-order chi connectivity index (χ1) is 12.7. The van der Waals surface area contributed by atoms with Gasteiger partial charge in [-0.25, -0.2) is 0 Å². The van der Waals surface area contributed by atoms with Crippen molar-refractivity contribution in [2.75, 3.05) is 23.3 Å². The number of furan rings is 1. The monoisotopic (exact) mass is 353 g/mol. The molecule has 1 aliphatic carbocycles. The summed E-state index contributed by atoms with van der Waals surface area (Å²) in [5.41, 5.74) is 0.959. The van der Waals surface area contributed by atoms with Crippen molar-refractivity contribution >= 4 is 23.2 Å². The van der Waals surface area contributed by atoms with E-state index < -0.39 is 5.41 Å². The van der Waals surface area contributed by atoms with Crippen LogP contribution in [0.5, 0.6) is 0 Å². The first kappa shape index (κ1) is 16.7. The Morgan fingerprint density at radius 3 is 2.38 bits per heavy atom. The lowest BCUT2D eigenvalue weighted by Gasteiger charge is -2.18. The summed E-state index contributed by atoms with van der Waals surface area (Å²) in [5, 5.41) is 5.70.